The number of rotatable bonds is 5. The van der Waals surface area contributed by atoms with E-state index in [1.807, 2.05) is 0 Å². The van der Waals surface area contributed by atoms with Crippen molar-refractivity contribution in [3.8, 4) is 11.5 Å². The molecule has 0 aliphatic heterocycles. The Balaban J connectivity index is 2.49. The van der Waals surface area contributed by atoms with Gasteiger partial charge in [-0.1, -0.05) is 52.4 Å². The van der Waals surface area contributed by atoms with E-state index in [1.165, 1.54) is 5.57 Å². The molecule has 0 spiro atoms. The minimum atomic E-state index is -1.71. The first kappa shape index (κ1) is 19.7. The van der Waals surface area contributed by atoms with Crippen molar-refractivity contribution in [1.82, 2.24) is 0 Å². The quantitative estimate of drug-likeness (QED) is 0.304. The van der Waals surface area contributed by atoms with Gasteiger partial charge in [0.15, 0.2) is 8.32 Å². The highest BCUT2D eigenvalue weighted by molar-refractivity contribution is 6.83. The van der Waals surface area contributed by atoms with Crippen LogP contribution in [0.4, 0.5) is 0 Å². The summed E-state index contributed by atoms with van der Waals surface area (Å²) in [5.41, 5.74) is 4.66. The van der Waals surface area contributed by atoms with Gasteiger partial charge in [-0.25, -0.2) is 0 Å². The van der Waals surface area contributed by atoms with Crippen LogP contribution in [0, 0.1) is 11.5 Å². The van der Waals surface area contributed by atoms with Crippen LogP contribution in [-0.2, 0) is 9.16 Å². The average molecular weight is 339 g/mol. The second-order valence-corrected chi connectivity index (χ2v) is 18.3. The summed E-state index contributed by atoms with van der Waals surface area (Å²) < 4.78 is 12.3. The normalized spacial score (nSPS) is 19.6. The van der Waals surface area contributed by atoms with Crippen molar-refractivity contribution in [2.24, 2.45) is 0 Å². The lowest BCUT2D eigenvalue weighted by Gasteiger charge is -2.39. The molecule has 0 radical (unpaired) electrons. The highest BCUT2D eigenvalue weighted by atomic mass is 28.4. The molecule has 0 heterocycles. The van der Waals surface area contributed by atoms with Gasteiger partial charge in [-0.05, 0) is 36.5 Å². The molecule has 0 aromatic heterocycles. The summed E-state index contributed by atoms with van der Waals surface area (Å²) in [7, 11) is -2.99. The van der Waals surface area contributed by atoms with E-state index in [9.17, 15) is 0 Å². The molecule has 0 aromatic carbocycles. The second-order valence-electron chi connectivity index (χ2n) is 8.77. The van der Waals surface area contributed by atoms with Gasteiger partial charge >= 0.3 is 0 Å². The van der Waals surface area contributed by atoms with Crippen LogP contribution in [0.3, 0.4) is 0 Å². The summed E-state index contributed by atoms with van der Waals surface area (Å²) in [5.74, 6) is 3.17. The van der Waals surface area contributed by atoms with Gasteiger partial charge in [-0.15, -0.1) is 5.54 Å². The predicted molar refractivity (Wildman–Crippen MR) is 101 cm³/mol. The van der Waals surface area contributed by atoms with E-state index in [2.05, 4.69) is 71.0 Å². The molecule has 0 saturated heterocycles. The summed E-state index contributed by atoms with van der Waals surface area (Å²) in [4.78, 5) is 0. The standard InChI is InChI=1S/C18H34O2Si2/c1-18(2,3)22(7,8)20-17-12-9-11-16(17)15-19-13-10-14-21(4,5)6/h11,17H,9,12-13,15H2,1-8H3/t17-/m1/s1. The zero-order chi connectivity index (χ0) is 17.0. The van der Waals surface area contributed by atoms with Gasteiger partial charge in [0.1, 0.15) is 14.7 Å². The summed E-state index contributed by atoms with van der Waals surface area (Å²) >= 11 is 0. The van der Waals surface area contributed by atoms with E-state index in [0.29, 0.717) is 13.2 Å². The molecule has 1 aliphatic rings. The lowest BCUT2D eigenvalue weighted by atomic mass is 10.2. The minimum absolute atomic E-state index is 0.254. The Morgan fingerprint density at radius 2 is 1.82 bits per heavy atom. The number of hydrogen-bond acceptors (Lipinski definition) is 2. The van der Waals surface area contributed by atoms with Gasteiger partial charge in [-0.2, -0.15) is 0 Å². The maximum atomic E-state index is 6.55. The molecule has 1 atom stereocenters. The first-order valence-corrected chi connectivity index (χ1v) is 14.8. The molecule has 0 bridgehead atoms. The third-order valence-corrected chi connectivity index (χ3v) is 9.81. The van der Waals surface area contributed by atoms with Crippen molar-refractivity contribution in [2.45, 2.75) is 77.5 Å². The highest BCUT2D eigenvalue weighted by Crippen LogP contribution is 2.39. The molecule has 2 nitrogen and oxygen atoms in total. The molecule has 0 N–H and O–H groups in total. The van der Waals surface area contributed by atoms with Crippen LogP contribution in [0.15, 0.2) is 11.6 Å². The molecule has 1 aliphatic carbocycles. The van der Waals surface area contributed by atoms with E-state index >= 15 is 0 Å². The van der Waals surface area contributed by atoms with Crippen LogP contribution in [0.25, 0.3) is 0 Å². The summed E-state index contributed by atoms with van der Waals surface area (Å²) in [6.07, 6.45) is 4.76. The topological polar surface area (TPSA) is 18.5 Å². The van der Waals surface area contributed by atoms with Crippen molar-refractivity contribution in [3.05, 3.63) is 11.6 Å². The zero-order valence-corrected chi connectivity index (χ0v) is 17.8. The van der Waals surface area contributed by atoms with Crippen molar-refractivity contribution >= 4 is 16.4 Å². The average Bonchev–Trinajstić information content (AvgIpc) is 2.72. The molecule has 0 amide bonds. The Kier molecular flexibility index (Phi) is 6.70. The molecule has 0 fully saturated rings. The first-order valence-electron chi connectivity index (χ1n) is 8.37. The molecule has 4 heteroatoms. The van der Waals surface area contributed by atoms with Gasteiger partial charge in [0.2, 0.25) is 0 Å². The Morgan fingerprint density at radius 3 is 2.36 bits per heavy atom. The smallest absolute Gasteiger partial charge is 0.192 e. The molecule has 1 rings (SSSR count). The van der Waals surface area contributed by atoms with Crippen LogP contribution in [-0.4, -0.2) is 35.7 Å². The molecular weight excluding hydrogens is 304 g/mol. The molecule has 126 valence electrons. The van der Waals surface area contributed by atoms with Gasteiger partial charge in [-0.3, -0.25) is 0 Å². The van der Waals surface area contributed by atoms with Crippen LogP contribution in [0.5, 0.6) is 0 Å². The Morgan fingerprint density at radius 1 is 1.18 bits per heavy atom. The SMILES string of the molecule is CC(C)(C)[Si](C)(C)O[C@@H]1CCC=C1COCC#C[Si](C)(C)C. The highest BCUT2D eigenvalue weighted by Gasteiger charge is 2.40. The monoisotopic (exact) mass is 338 g/mol. The Bertz CT molecular complexity index is 456. The lowest BCUT2D eigenvalue weighted by molar-refractivity contribution is 0.154. The summed E-state index contributed by atoms with van der Waals surface area (Å²) in [6.45, 7) is 19.5. The number of ether oxygens (including phenoxy) is 1. The second kappa shape index (κ2) is 7.48. The summed E-state index contributed by atoms with van der Waals surface area (Å²) in [5, 5.41) is 0.254. The number of allylic oxidation sites excluding steroid dienone is 1. The van der Waals surface area contributed by atoms with Gasteiger partial charge in [0.05, 0.1) is 12.7 Å². The fourth-order valence-corrected chi connectivity index (χ4v) is 4.01. The third kappa shape index (κ3) is 6.41. The van der Waals surface area contributed by atoms with Crippen LogP contribution in [0.1, 0.15) is 33.6 Å². The van der Waals surface area contributed by atoms with Crippen molar-refractivity contribution < 1.29 is 9.16 Å². The van der Waals surface area contributed by atoms with Gasteiger partial charge in [0.25, 0.3) is 0 Å². The fourth-order valence-electron chi connectivity index (χ4n) is 2.08. The Labute approximate surface area is 139 Å². The largest absolute Gasteiger partial charge is 0.410 e. The van der Waals surface area contributed by atoms with E-state index in [4.69, 9.17) is 9.16 Å². The lowest BCUT2D eigenvalue weighted by Crippen LogP contribution is -2.44. The van der Waals surface area contributed by atoms with Crippen LogP contribution < -0.4 is 0 Å². The van der Waals surface area contributed by atoms with E-state index in [0.717, 1.165) is 12.8 Å². The number of hydrogen-bond donors (Lipinski definition) is 0. The van der Waals surface area contributed by atoms with Crippen molar-refractivity contribution in [1.29, 1.82) is 0 Å². The van der Waals surface area contributed by atoms with E-state index in [-0.39, 0.29) is 11.1 Å². The van der Waals surface area contributed by atoms with Crippen molar-refractivity contribution in [2.75, 3.05) is 13.2 Å². The van der Waals surface area contributed by atoms with Gasteiger partial charge in [0, 0.05) is 0 Å². The minimum Gasteiger partial charge on any atom is -0.410 e. The molecule has 0 unspecified atom stereocenters. The van der Waals surface area contributed by atoms with Crippen LogP contribution >= 0.6 is 0 Å². The fraction of sp³-hybridized carbons (Fsp3) is 0.778. The third-order valence-electron chi connectivity index (χ3n) is 4.40. The molecule has 0 aromatic rings. The zero-order valence-electron chi connectivity index (χ0n) is 15.8. The Hall–Kier alpha value is -0.346. The van der Waals surface area contributed by atoms with Crippen molar-refractivity contribution in [3.63, 3.8) is 0 Å². The predicted octanol–water partition coefficient (Wildman–Crippen LogP) is 4.99. The van der Waals surface area contributed by atoms with E-state index in [1.54, 1.807) is 0 Å². The maximum absolute atomic E-state index is 6.55. The molecular formula is C18H34O2Si2. The van der Waals surface area contributed by atoms with Gasteiger partial charge < -0.3 is 9.16 Å². The van der Waals surface area contributed by atoms with E-state index < -0.39 is 16.4 Å². The molecule has 22 heavy (non-hydrogen) atoms. The molecule has 0 saturated carbocycles. The first-order chi connectivity index (χ1) is 9.92. The van der Waals surface area contributed by atoms with Crippen LogP contribution in [0.2, 0.25) is 37.8 Å². The summed E-state index contributed by atoms with van der Waals surface area (Å²) in [6, 6.07) is 0. The maximum Gasteiger partial charge on any atom is 0.192 e.